The Kier molecular flexibility index (Phi) is 4.29. The van der Waals surface area contributed by atoms with Crippen molar-refractivity contribution in [3.8, 4) is 5.75 Å². The fourth-order valence-electron chi connectivity index (χ4n) is 2.48. The number of nitrogens with one attached hydrogen (secondary N) is 1. The van der Waals surface area contributed by atoms with Crippen molar-refractivity contribution < 1.29 is 4.74 Å². The maximum absolute atomic E-state index is 5.76. The quantitative estimate of drug-likeness (QED) is 0.827. The van der Waals surface area contributed by atoms with Crippen LogP contribution in [-0.2, 0) is 0 Å². The topological polar surface area (TPSA) is 21.3 Å². The van der Waals surface area contributed by atoms with Gasteiger partial charge in [0.25, 0.3) is 0 Å². The summed E-state index contributed by atoms with van der Waals surface area (Å²) >= 11 is 0. The van der Waals surface area contributed by atoms with Gasteiger partial charge in [0.2, 0.25) is 0 Å². The van der Waals surface area contributed by atoms with Gasteiger partial charge in [-0.25, -0.2) is 0 Å². The molecule has 0 saturated heterocycles. The molecular formula is C15H23NO. The van der Waals surface area contributed by atoms with Crippen LogP contribution in [0.25, 0.3) is 0 Å². The summed E-state index contributed by atoms with van der Waals surface area (Å²) in [5, 5.41) is 3.62. The van der Waals surface area contributed by atoms with Gasteiger partial charge < -0.3 is 10.1 Å². The average molecular weight is 233 g/mol. The van der Waals surface area contributed by atoms with E-state index in [0.717, 1.165) is 30.4 Å². The Labute approximate surface area is 104 Å². The van der Waals surface area contributed by atoms with Gasteiger partial charge in [-0.1, -0.05) is 26.0 Å². The maximum Gasteiger partial charge on any atom is 0.142 e. The highest BCUT2D eigenvalue weighted by molar-refractivity contribution is 5.56. The van der Waals surface area contributed by atoms with Gasteiger partial charge in [0.1, 0.15) is 5.75 Å². The van der Waals surface area contributed by atoms with E-state index in [9.17, 15) is 0 Å². The highest BCUT2D eigenvalue weighted by atomic mass is 16.5. The molecule has 2 atom stereocenters. The van der Waals surface area contributed by atoms with Gasteiger partial charge in [-0.3, -0.25) is 0 Å². The van der Waals surface area contributed by atoms with Crippen LogP contribution in [0.1, 0.15) is 39.5 Å². The molecule has 0 spiro atoms. The van der Waals surface area contributed by atoms with Crippen molar-refractivity contribution in [3.63, 3.8) is 0 Å². The summed E-state index contributed by atoms with van der Waals surface area (Å²) in [6.07, 6.45) is 4.95. The van der Waals surface area contributed by atoms with E-state index in [1.54, 1.807) is 0 Å². The summed E-state index contributed by atoms with van der Waals surface area (Å²) in [5.74, 6) is 1.85. The van der Waals surface area contributed by atoms with Gasteiger partial charge in [-0.2, -0.15) is 0 Å². The Hall–Kier alpha value is -1.18. The number of rotatable bonds is 5. The zero-order chi connectivity index (χ0) is 12.1. The molecule has 1 aromatic carbocycles. The van der Waals surface area contributed by atoms with Gasteiger partial charge >= 0.3 is 0 Å². The molecule has 2 rings (SSSR count). The van der Waals surface area contributed by atoms with E-state index in [4.69, 9.17) is 4.74 Å². The number of hydrogen-bond donors (Lipinski definition) is 1. The van der Waals surface area contributed by atoms with Gasteiger partial charge in [-0.05, 0) is 43.7 Å². The molecule has 2 nitrogen and oxygen atoms in total. The highest BCUT2D eigenvalue weighted by Crippen LogP contribution is 2.31. The lowest BCUT2D eigenvalue weighted by molar-refractivity contribution is 0.318. The van der Waals surface area contributed by atoms with Crippen molar-refractivity contribution in [3.05, 3.63) is 24.3 Å². The summed E-state index contributed by atoms with van der Waals surface area (Å²) in [5.41, 5.74) is 1.15. The van der Waals surface area contributed by atoms with Crippen LogP contribution in [0.4, 0.5) is 5.69 Å². The Morgan fingerprint density at radius 2 is 2.12 bits per heavy atom. The van der Waals surface area contributed by atoms with Crippen LogP contribution in [0.3, 0.4) is 0 Å². The second kappa shape index (κ2) is 5.95. The third-order valence-corrected chi connectivity index (χ3v) is 3.40. The van der Waals surface area contributed by atoms with E-state index in [1.165, 1.54) is 19.3 Å². The Balaban J connectivity index is 1.99. The zero-order valence-corrected chi connectivity index (χ0v) is 10.9. The number of benzene rings is 1. The molecule has 1 N–H and O–H groups in total. The van der Waals surface area contributed by atoms with Crippen molar-refractivity contribution in [1.82, 2.24) is 0 Å². The Morgan fingerprint density at radius 3 is 2.82 bits per heavy atom. The van der Waals surface area contributed by atoms with Gasteiger partial charge in [0.15, 0.2) is 0 Å². The van der Waals surface area contributed by atoms with Crippen molar-refractivity contribution >= 4 is 5.69 Å². The Bertz CT molecular complexity index is 351. The molecule has 1 aliphatic rings. The van der Waals surface area contributed by atoms with E-state index in [1.807, 2.05) is 6.07 Å². The first-order chi connectivity index (χ1) is 8.29. The monoisotopic (exact) mass is 233 g/mol. The van der Waals surface area contributed by atoms with Crippen molar-refractivity contribution in [2.24, 2.45) is 5.92 Å². The van der Waals surface area contributed by atoms with Crippen LogP contribution >= 0.6 is 0 Å². The molecule has 1 saturated carbocycles. The van der Waals surface area contributed by atoms with Gasteiger partial charge in [0, 0.05) is 6.04 Å². The zero-order valence-electron chi connectivity index (χ0n) is 10.9. The minimum absolute atomic E-state index is 0.622. The molecule has 17 heavy (non-hydrogen) atoms. The molecule has 0 amide bonds. The smallest absolute Gasteiger partial charge is 0.142 e. The van der Waals surface area contributed by atoms with Crippen LogP contribution in [0.5, 0.6) is 5.75 Å². The molecule has 0 aromatic heterocycles. The Morgan fingerprint density at radius 1 is 1.29 bits per heavy atom. The number of anilines is 1. The van der Waals surface area contributed by atoms with Crippen molar-refractivity contribution in [1.29, 1.82) is 0 Å². The standard InChI is InChI=1S/C15H23NO/c1-3-10-17-15-7-5-4-6-14(15)16-13-9-8-12(2)11-13/h4-7,12-13,16H,3,8-11H2,1-2H3. The molecule has 1 fully saturated rings. The lowest BCUT2D eigenvalue weighted by Crippen LogP contribution is -2.16. The normalized spacial score (nSPS) is 23.6. The summed E-state index contributed by atoms with van der Waals surface area (Å²) in [6, 6.07) is 8.90. The van der Waals surface area contributed by atoms with Gasteiger partial charge in [-0.15, -0.1) is 0 Å². The minimum atomic E-state index is 0.622. The number of ether oxygens (including phenoxy) is 1. The second-order valence-corrected chi connectivity index (χ2v) is 5.10. The molecule has 1 aliphatic carbocycles. The summed E-state index contributed by atoms with van der Waals surface area (Å²) in [6.45, 7) is 5.26. The minimum Gasteiger partial charge on any atom is -0.491 e. The van der Waals surface area contributed by atoms with Crippen LogP contribution in [0.2, 0.25) is 0 Å². The number of hydrogen-bond acceptors (Lipinski definition) is 2. The lowest BCUT2D eigenvalue weighted by atomic mass is 10.1. The summed E-state index contributed by atoms with van der Waals surface area (Å²) in [4.78, 5) is 0. The summed E-state index contributed by atoms with van der Waals surface area (Å²) in [7, 11) is 0. The SMILES string of the molecule is CCCOc1ccccc1NC1CCC(C)C1. The van der Waals surface area contributed by atoms with Crippen molar-refractivity contribution in [2.75, 3.05) is 11.9 Å². The molecule has 2 unspecified atom stereocenters. The lowest BCUT2D eigenvalue weighted by Gasteiger charge is -2.17. The summed E-state index contributed by atoms with van der Waals surface area (Å²) < 4.78 is 5.76. The van der Waals surface area contributed by atoms with Crippen LogP contribution in [0.15, 0.2) is 24.3 Å². The van der Waals surface area contributed by atoms with Crippen LogP contribution < -0.4 is 10.1 Å². The fourth-order valence-corrected chi connectivity index (χ4v) is 2.48. The third-order valence-electron chi connectivity index (χ3n) is 3.40. The van der Waals surface area contributed by atoms with Crippen molar-refractivity contribution in [2.45, 2.75) is 45.6 Å². The van der Waals surface area contributed by atoms with E-state index >= 15 is 0 Å². The first-order valence-electron chi connectivity index (χ1n) is 6.78. The molecule has 0 aliphatic heterocycles. The fraction of sp³-hybridized carbons (Fsp3) is 0.600. The van der Waals surface area contributed by atoms with E-state index < -0.39 is 0 Å². The van der Waals surface area contributed by atoms with E-state index in [2.05, 4.69) is 37.4 Å². The molecule has 94 valence electrons. The second-order valence-electron chi connectivity index (χ2n) is 5.10. The predicted molar refractivity (Wildman–Crippen MR) is 72.7 cm³/mol. The van der Waals surface area contributed by atoms with E-state index in [0.29, 0.717) is 6.04 Å². The van der Waals surface area contributed by atoms with Crippen LogP contribution in [-0.4, -0.2) is 12.6 Å². The molecule has 0 radical (unpaired) electrons. The average Bonchev–Trinajstić information content (AvgIpc) is 2.74. The predicted octanol–water partition coefficient (Wildman–Crippen LogP) is 4.08. The van der Waals surface area contributed by atoms with Crippen LogP contribution in [0, 0.1) is 5.92 Å². The first kappa shape index (κ1) is 12.3. The maximum atomic E-state index is 5.76. The molecule has 0 heterocycles. The molecule has 2 heteroatoms. The molecule has 1 aromatic rings. The van der Waals surface area contributed by atoms with E-state index in [-0.39, 0.29) is 0 Å². The molecular weight excluding hydrogens is 210 g/mol. The largest absolute Gasteiger partial charge is 0.491 e. The third kappa shape index (κ3) is 3.39. The molecule has 0 bridgehead atoms. The number of para-hydroxylation sites is 2. The van der Waals surface area contributed by atoms with Gasteiger partial charge in [0.05, 0.1) is 12.3 Å². The first-order valence-corrected chi connectivity index (χ1v) is 6.78. The highest BCUT2D eigenvalue weighted by Gasteiger charge is 2.21.